The zero-order valence-corrected chi connectivity index (χ0v) is 17.8. The molecule has 1 aliphatic rings. The number of hydrogen-bond donors (Lipinski definition) is 1. The molecular formula is C17H18Cl2N2O4S2. The van der Waals surface area contributed by atoms with E-state index in [4.69, 9.17) is 27.9 Å². The van der Waals surface area contributed by atoms with Crippen LogP contribution in [0.3, 0.4) is 0 Å². The molecule has 1 aromatic heterocycles. The van der Waals surface area contributed by atoms with Crippen molar-refractivity contribution in [1.82, 2.24) is 4.90 Å². The van der Waals surface area contributed by atoms with E-state index in [9.17, 15) is 13.2 Å². The smallest absolute Gasteiger partial charge is 0.264 e. The van der Waals surface area contributed by atoms with Crippen molar-refractivity contribution in [3.63, 3.8) is 0 Å². The summed E-state index contributed by atoms with van der Waals surface area (Å²) in [5.74, 6) is -0.259. The number of carbonyl (C=O) groups excluding carboxylic acids is 1. The number of anilines is 1. The third-order valence-electron chi connectivity index (χ3n) is 4.02. The molecule has 1 amide bonds. The lowest BCUT2D eigenvalue weighted by atomic mass is 10.1. The van der Waals surface area contributed by atoms with Gasteiger partial charge in [-0.25, -0.2) is 8.42 Å². The summed E-state index contributed by atoms with van der Waals surface area (Å²) in [4.78, 5) is 14.5. The molecule has 0 bridgehead atoms. The molecule has 2 heterocycles. The second kappa shape index (κ2) is 7.97. The van der Waals surface area contributed by atoms with E-state index in [2.05, 4.69) is 4.72 Å². The molecule has 10 heteroatoms. The first kappa shape index (κ1) is 20.4. The van der Waals surface area contributed by atoms with Gasteiger partial charge in [-0.05, 0) is 32.0 Å². The van der Waals surface area contributed by atoms with Crippen molar-refractivity contribution in [3.05, 3.63) is 44.6 Å². The first-order chi connectivity index (χ1) is 12.7. The number of para-hydroxylation sites is 1. The molecule has 146 valence electrons. The van der Waals surface area contributed by atoms with Gasteiger partial charge in [0, 0.05) is 13.1 Å². The van der Waals surface area contributed by atoms with Gasteiger partial charge in [-0.2, -0.15) is 0 Å². The first-order valence-electron chi connectivity index (χ1n) is 8.19. The summed E-state index contributed by atoms with van der Waals surface area (Å²) >= 11 is 12.8. The Kier molecular flexibility index (Phi) is 6.02. The lowest BCUT2D eigenvalue weighted by Gasteiger charge is -2.35. The first-order valence-corrected chi connectivity index (χ1v) is 11.2. The van der Waals surface area contributed by atoms with Crippen molar-refractivity contribution < 1.29 is 17.9 Å². The molecule has 1 aliphatic heterocycles. The second-order valence-electron chi connectivity index (χ2n) is 6.31. The van der Waals surface area contributed by atoms with Gasteiger partial charge in [-0.15, -0.1) is 11.3 Å². The highest BCUT2D eigenvalue weighted by atomic mass is 35.5. The normalized spacial score (nSPS) is 20.5. The number of benzene rings is 1. The molecule has 27 heavy (non-hydrogen) atoms. The molecule has 2 aromatic rings. The van der Waals surface area contributed by atoms with Crippen LogP contribution in [0.5, 0.6) is 0 Å². The van der Waals surface area contributed by atoms with Gasteiger partial charge in [0.1, 0.15) is 9.23 Å². The fourth-order valence-electron chi connectivity index (χ4n) is 2.98. The summed E-state index contributed by atoms with van der Waals surface area (Å²) in [5.41, 5.74) is 0.451. The third kappa shape index (κ3) is 4.57. The van der Waals surface area contributed by atoms with Crippen molar-refractivity contribution in [1.29, 1.82) is 0 Å². The standard InChI is InChI=1S/C17H18Cl2N2O4S2/c1-10-8-21(9-11(2)25-10)17(22)12-5-3-4-6-13(12)20-27(23,24)14-7-15(18)26-16(14)19/h3-7,10-11,20H,8-9H2,1-2H3. The Balaban J connectivity index is 1.90. The number of amides is 1. The van der Waals surface area contributed by atoms with E-state index in [1.807, 2.05) is 13.8 Å². The van der Waals surface area contributed by atoms with Crippen LogP contribution in [0.4, 0.5) is 5.69 Å². The van der Waals surface area contributed by atoms with Gasteiger partial charge < -0.3 is 9.64 Å². The van der Waals surface area contributed by atoms with Gasteiger partial charge in [-0.1, -0.05) is 35.3 Å². The molecule has 1 saturated heterocycles. The van der Waals surface area contributed by atoms with Gasteiger partial charge >= 0.3 is 0 Å². The highest BCUT2D eigenvalue weighted by Crippen LogP contribution is 2.35. The number of ether oxygens (including phenoxy) is 1. The van der Waals surface area contributed by atoms with E-state index in [1.165, 1.54) is 6.07 Å². The molecule has 1 aromatic carbocycles. The molecule has 0 saturated carbocycles. The average molecular weight is 449 g/mol. The second-order valence-corrected chi connectivity index (χ2v) is 10.2. The minimum Gasteiger partial charge on any atom is -0.372 e. The number of halogens is 2. The number of morpholine rings is 1. The van der Waals surface area contributed by atoms with Crippen LogP contribution in [0.15, 0.2) is 35.2 Å². The number of rotatable bonds is 4. The summed E-state index contributed by atoms with van der Waals surface area (Å²) < 4.78 is 33.8. The fraction of sp³-hybridized carbons (Fsp3) is 0.353. The Morgan fingerprint density at radius 1 is 1.22 bits per heavy atom. The summed E-state index contributed by atoms with van der Waals surface area (Å²) in [6.07, 6.45) is -0.179. The Hall–Kier alpha value is -1.32. The van der Waals surface area contributed by atoms with Crippen molar-refractivity contribution >= 4 is 56.2 Å². The molecular weight excluding hydrogens is 431 g/mol. The number of carbonyl (C=O) groups is 1. The molecule has 2 unspecified atom stereocenters. The van der Waals surface area contributed by atoms with E-state index in [0.29, 0.717) is 13.1 Å². The number of nitrogens with one attached hydrogen (secondary N) is 1. The zero-order valence-electron chi connectivity index (χ0n) is 14.6. The van der Waals surface area contributed by atoms with E-state index in [0.717, 1.165) is 11.3 Å². The van der Waals surface area contributed by atoms with Crippen LogP contribution < -0.4 is 4.72 Å². The summed E-state index contributed by atoms with van der Waals surface area (Å²) in [6, 6.07) is 7.76. The predicted molar refractivity (Wildman–Crippen MR) is 108 cm³/mol. The monoisotopic (exact) mass is 448 g/mol. The van der Waals surface area contributed by atoms with Gasteiger partial charge in [0.05, 0.1) is 27.8 Å². The van der Waals surface area contributed by atoms with E-state index in [1.54, 1.807) is 29.2 Å². The van der Waals surface area contributed by atoms with Crippen LogP contribution in [0, 0.1) is 0 Å². The van der Waals surface area contributed by atoms with Crippen LogP contribution in [-0.2, 0) is 14.8 Å². The molecule has 0 radical (unpaired) electrons. The predicted octanol–water partition coefficient (Wildman–Crippen LogP) is 4.11. The van der Waals surface area contributed by atoms with Crippen LogP contribution in [0.2, 0.25) is 8.67 Å². The quantitative estimate of drug-likeness (QED) is 0.763. The van der Waals surface area contributed by atoms with Crippen LogP contribution in [0.1, 0.15) is 24.2 Å². The topological polar surface area (TPSA) is 75.7 Å². The molecule has 6 nitrogen and oxygen atoms in total. The molecule has 0 aliphatic carbocycles. The summed E-state index contributed by atoms with van der Waals surface area (Å²) in [5, 5.41) is 0. The van der Waals surface area contributed by atoms with Crippen molar-refractivity contribution in [2.45, 2.75) is 31.0 Å². The van der Waals surface area contributed by atoms with Gasteiger partial charge in [0.15, 0.2) is 0 Å². The molecule has 3 rings (SSSR count). The minimum absolute atomic E-state index is 0.0622. The Bertz CT molecular complexity index is 952. The lowest BCUT2D eigenvalue weighted by molar-refractivity contribution is -0.0585. The minimum atomic E-state index is -3.98. The van der Waals surface area contributed by atoms with Crippen molar-refractivity contribution in [2.75, 3.05) is 17.8 Å². The maximum Gasteiger partial charge on any atom is 0.264 e. The number of hydrogen-bond acceptors (Lipinski definition) is 5. The Morgan fingerprint density at radius 3 is 2.44 bits per heavy atom. The number of nitrogens with zero attached hydrogens (tertiary/aromatic N) is 1. The molecule has 2 atom stereocenters. The van der Waals surface area contributed by atoms with Gasteiger partial charge in [-0.3, -0.25) is 9.52 Å². The highest BCUT2D eigenvalue weighted by molar-refractivity contribution is 7.93. The maximum atomic E-state index is 13.0. The summed E-state index contributed by atoms with van der Waals surface area (Å²) in [6.45, 7) is 4.67. The Morgan fingerprint density at radius 2 is 1.85 bits per heavy atom. The molecule has 0 spiro atoms. The van der Waals surface area contributed by atoms with Gasteiger partial charge in [0.2, 0.25) is 0 Å². The summed E-state index contributed by atoms with van der Waals surface area (Å²) in [7, 11) is -3.98. The maximum absolute atomic E-state index is 13.0. The van der Waals surface area contributed by atoms with E-state index >= 15 is 0 Å². The SMILES string of the molecule is CC1CN(C(=O)c2ccccc2NS(=O)(=O)c2cc(Cl)sc2Cl)CC(C)O1. The zero-order chi connectivity index (χ0) is 19.8. The lowest BCUT2D eigenvalue weighted by Crippen LogP contribution is -2.48. The van der Waals surface area contributed by atoms with E-state index in [-0.39, 0.29) is 42.9 Å². The van der Waals surface area contributed by atoms with Crippen LogP contribution in [0.25, 0.3) is 0 Å². The number of thiophene rings is 1. The van der Waals surface area contributed by atoms with Crippen LogP contribution >= 0.6 is 34.5 Å². The van der Waals surface area contributed by atoms with Crippen molar-refractivity contribution in [2.24, 2.45) is 0 Å². The number of sulfonamides is 1. The van der Waals surface area contributed by atoms with E-state index < -0.39 is 10.0 Å². The van der Waals surface area contributed by atoms with Crippen LogP contribution in [-0.4, -0.2) is 44.5 Å². The fourth-order valence-corrected chi connectivity index (χ4v) is 6.21. The Labute approximate surface area is 172 Å². The molecule has 1 fully saturated rings. The highest BCUT2D eigenvalue weighted by Gasteiger charge is 2.29. The molecule has 1 N–H and O–H groups in total. The average Bonchev–Trinajstić information content (AvgIpc) is 2.93. The third-order valence-corrected chi connectivity index (χ3v) is 7.14. The van der Waals surface area contributed by atoms with Gasteiger partial charge in [0.25, 0.3) is 15.9 Å². The van der Waals surface area contributed by atoms with Crippen molar-refractivity contribution in [3.8, 4) is 0 Å². The largest absolute Gasteiger partial charge is 0.372 e.